The van der Waals surface area contributed by atoms with Crippen molar-refractivity contribution in [3.8, 4) is 0 Å². The molecule has 0 bridgehead atoms. The molecule has 3 nitrogen and oxygen atoms in total. The number of anilines is 1. The number of carbonyl (C=O) groups is 1. The van der Waals surface area contributed by atoms with Crippen molar-refractivity contribution in [3.05, 3.63) is 41.2 Å². The number of aldehydes is 1. The zero-order chi connectivity index (χ0) is 11.4. The monoisotopic (exact) mass is 235 g/mol. The lowest BCUT2D eigenvalue weighted by Gasteiger charge is -2.19. The molecule has 0 aliphatic carbocycles. The molecule has 16 heavy (non-hydrogen) atoms. The van der Waals surface area contributed by atoms with Gasteiger partial charge in [0.25, 0.3) is 0 Å². The Bertz CT molecular complexity index is 447. The minimum Gasteiger partial charge on any atom is -0.467 e. The van der Waals surface area contributed by atoms with Crippen molar-refractivity contribution in [3.63, 3.8) is 0 Å². The Kier molecular flexibility index (Phi) is 3.41. The van der Waals surface area contributed by atoms with Crippen LogP contribution in [0.5, 0.6) is 0 Å². The van der Waals surface area contributed by atoms with Crippen LogP contribution in [-0.2, 0) is 6.54 Å². The third-order valence-corrected chi connectivity index (χ3v) is 3.42. The van der Waals surface area contributed by atoms with Crippen molar-refractivity contribution in [1.82, 2.24) is 0 Å². The first kappa shape index (κ1) is 11.0. The van der Waals surface area contributed by atoms with Crippen molar-refractivity contribution < 1.29 is 9.21 Å². The molecule has 0 aliphatic rings. The molecule has 4 heteroatoms. The maximum absolute atomic E-state index is 10.6. The molecule has 2 aromatic heterocycles. The molecule has 0 fully saturated rings. The lowest BCUT2D eigenvalue weighted by atomic mass is 10.4. The minimum absolute atomic E-state index is 0.738. The molecule has 0 radical (unpaired) electrons. The Balaban J connectivity index is 2.12. The zero-order valence-corrected chi connectivity index (χ0v) is 9.87. The molecule has 0 saturated carbocycles. The lowest BCUT2D eigenvalue weighted by molar-refractivity contribution is 0.112. The Morgan fingerprint density at radius 2 is 2.31 bits per heavy atom. The Morgan fingerprint density at radius 1 is 1.44 bits per heavy atom. The van der Waals surface area contributed by atoms with E-state index in [1.54, 1.807) is 6.26 Å². The number of nitrogens with zero attached hydrogens (tertiary/aromatic N) is 1. The quantitative estimate of drug-likeness (QED) is 0.746. The van der Waals surface area contributed by atoms with Crippen LogP contribution in [0.2, 0.25) is 0 Å². The molecule has 0 aliphatic heterocycles. The first-order valence-electron chi connectivity index (χ1n) is 5.16. The number of hydrogen-bond donors (Lipinski definition) is 0. The van der Waals surface area contributed by atoms with Crippen LogP contribution in [0.3, 0.4) is 0 Å². The summed E-state index contributed by atoms with van der Waals surface area (Å²) in [7, 11) is 0. The van der Waals surface area contributed by atoms with Gasteiger partial charge in [-0.15, -0.1) is 11.3 Å². The fourth-order valence-corrected chi connectivity index (χ4v) is 2.40. The summed E-state index contributed by atoms with van der Waals surface area (Å²) < 4.78 is 5.31. The van der Waals surface area contributed by atoms with Crippen LogP contribution >= 0.6 is 11.3 Å². The number of furan rings is 1. The van der Waals surface area contributed by atoms with Gasteiger partial charge < -0.3 is 9.32 Å². The van der Waals surface area contributed by atoms with Crippen molar-refractivity contribution in [1.29, 1.82) is 0 Å². The number of hydrogen-bond acceptors (Lipinski definition) is 4. The maximum Gasteiger partial charge on any atom is 0.160 e. The van der Waals surface area contributed by atoms with E-state index in [4.69, 9.17) is 4.42 Å². The highest BCUT2D eigenvalue weighted by Crippen LogP contribution is 2.26. The van der Waals surface area contributed by atoms with Crippen molar-refractivity contribution >= 4 is 22.6 Å². The number of thiophene rings is 1. The summed E-state index contributed by atoms with van der Waals surface area (Å²) >= 11 is 1.50. The summed E-state index contributed by atoms with van der Waals surface area (Å²) in [5.74, 6) is 0.933. The summed E-state index contributed by atoms with van der Waals surface area (Å²) in [5, 5.41) is 1.10. The van der Waals surface area contributed by atoms with E-state index in [0.717, 1.165) is 35.0 Å². The summed E-state index contributed by atoms with van der Waals surface area (Å²) in [6.07, 6.45) is 2.56. The van der Waals surface area contributed by atoms with Crippen molar-refractivity contribution in [2.24, 2.45) is 0 Å². The normalized spacial score (nSPS) is 10.3. The van der Waals surface area contributed by atoms with E-state index < -0.39 is 0 Å². The molecule has 0 spiro atoms. The molecule has 2 aromatic rings. The van der Waals surface area contributed by atoms with Gasteiger partial charge in [-0.2, -0.15) is 0 Å². The molecule has 0 N–H and O–H groups in total. The van der Waals surface area contributed by atoms with Crippen molar-refractivity contribution in [2.75, 3.05) is 11.4 Å². The fourth-order valence-electron chi connectivity index (χ4n) is 1.51. The largest absolute Gasteiger partial charge is 0.467 e. The lowest BCUT2D eigenvalue weighted by Crippen LogP contribution is -2.20. The Labute approximate surface area is 98.3 Å². The highest BCUT2D eigenvalue weighted by atomic mass is 32.1. The zero-order valence-electron chi connectivity index (χ0n) is 9.05. The van der Waals surface area contributed by atoms with E-state index >= 15 is 0 Å². The van der Waals surface area contributed by atoms with Crippen LogP contribution in [-0.4, -0.2) is 12.8 Å². The fraction of sp³-hybridized carbons (Fsp3) is 0.250. The summed E-state index contributed by atoms with van der Waals surface area (Å²) in [5.41, 5.74) is 0. The molecule has 0 atom stereocenters. The topological polar surface area (TPSA) is 33.5 Å². The van der Waals surface area contributed by atoms with Crippen LogP contribution in [0.1, 0.15) is 22.4 Å². The van der Waals surface area contributed by atoms with Gasteiger partial charge in [0, 0.05) is 6.54 Å². The predicted molar refractivity (Wildman–Crippen MR) is 65.1 cm³/mol. The SMILES string of the molecule is CCN(Cc1ccco1)c1ccc(C=O)s1. The van der Waals surface area contributed by atoms with Crippen LogP contribution in [0, 0.1) is 0 Å². The highest BCUT2D eigenvalue weighted by molar-refractivity contribution is 7.17. The van der Waals surface area contributed by atoms with E-state index in [1.807, 2.05) is 24.3 Å². The van der Waals surface area contributed by atoms with E-state index in [9.17, 15) is 4.79 Å². The average Bonchev–Trinajstić information content (AvgIpc) is 2.96. The number of carbonyl (C=O) groups excluding carboxylic acids is 1. The molecule has 0 saturated heterocycles. The van der Waals surface area contributed by atoms with Gasteiger partial charge in [0.05, 0.1) is 22.7 Å². The Hall–Kier alpha value is -1.55. The first-order valence-corrected chi connectivity index (χ1v) is 5.97. The van der Waals surface area contributed by atoms with E-state index in [0.29, 0.717) is 0 Å². The van der Waals surface area contributed by atoms with Gasteiger partial charge in [0.15, 0.2) is 6.29 Å². The molecule has 2 heterocycles. The molecule has 84 valence electrons. The second kappa shape index (κ2) is 4.99. The molecule has 2 rings (SSSR count). The average molecular weight is 235 g/mol. The minimum atomic E-state index is 0.738. The number of rotatable bonds is 5. The van der Waals surface area contributed by atoms with E-state index in [1.165, 1.54) is 11.3 Å². The van der Waals surface area contributed by atoms with E-state index in [2.05, 4.69) is 11.8 Å². The maximum atomic E-state index is 10.6. The Morgan fingerprint density at radius 3 is 2.88 bits per heavy atom. The molecular weight excluding hydrogens is 222 g/mol. The molecule has 0 amide bonds. The van der Waals surface area contributed by atoms with Gasteiger partial charge in [0.2, 0.25) is 0 Å². The summed E-state index contributed by atoms with van der Waals surface area (Å²) in [4.78, 5) is 13.6. The first-order chi connectivity index (χ1) is 7.83. The third-order valence-electron chi connectivity index (χ3n) is 2.35. The highest BCUT2D eigenvalue weighted by Gasteiger charge is 2.09. The molecular formula is C12H13NO2S. The van der Waals surface area contributed by atoms with Gasteiger partial charge in [0.1, 0.15) is 5.76 Å². The smallest absolute Gasteiger partial charge is 0.160 e. The van der Waals surface area contributed by atoms with Crippen LogP contribution in [0.25, 0.3) is 0 Å². The summed E-state index contributed by atoms with van der Waals surface area (Å²) in [6, 6.07) is 7.66. The predicted octanol–water partition coefficient (Wildman–Crippen LogP) is 3.18. The molecule has 0 unspecified atom stereocenters. The second-order valence-electron chi connectivity index (χ2n) is 3.39. The summed E-state index contributed by atoms with van der Waals surface area (Å²) in [6.45, 7) is 3.71. The van der Waals surface area contributed by atoms with Gasteiger partial charge in [-0.1, -0.05) is 0 Å². The van der Waals surface area contributed by atoms with Crippen LogP contribution in [0.15, 0.2) is 34.9 Å². The van der Waals surface area contributed by atoms with E-state index in [-0.39, 0.29) is 0 Å². The standard InChI is InChI=1S/C12H13NO2S/c1-2-13(8-10-4-3-7-15-10)12-6-5-11(9-14)16-12/h3-7,9H,2,8H2,1H3. The van der Waals surface area contributed by atoms with Gasteiger partial charge in [-0.3, -0.25) is 4.79 Å². The third kappa shape index (κ3) is 2.33. The van der Waals surface area contributed by atoms with Gasteiger partial charge >= 0.3 is 0 Å². The van der Waals surface area contributed by atoms with Crippen LogP contribution < -0.4 is 4.90 Å². The van der Waals surface area contributed by atoms with Crippen LogP contribution in [0.4, 0.5) is 5.00 Å². The van der Waals surface area contributed by atoms with Crippen molar-refractivity contribution in [2.45, 2.75) is 13.5 Å². The second-order valence-corrected chi connectivity index (χ2v) is 4.48. The molecule has 0 aromatic carbocycles. The van der Waals surface area contributed by atoms with Gasteiger partial charge in [-0.05, 0) is 31.2 Å². The van der Waals surface area contributed by atoms with Gasteiger partial charge in [-0.25, -0.2) is 0 Å².